The predicted octanol–water partition coefficient (Wildman–Crippen LogP) is 9.58. The van der Waals surface area contributed by atoms with E-state index in [-0.39, 0.29) is 11.7 Å². The second-order valence-corrected chi connectivity index (χ2v) is 16.7. The number of carbonyl (C=O) groups excluding carboxylic acids is 2. The van der Waals surface area contributed by atoms with Crippen LogP contribution in [0, 0.1) is 0 Å². The number of carboxylic acid groups (broad SMARTS) is 2. The molecule has 0 aromatic rings. The summed E-state index contributed by atoms with van der Waals surface area (Å²) in [5, 5.41) is 20.2. The van der Waals surface area contributed by atoms with Gasteiger partial charge in [0.1, 0.15) is 5.78 Å². The first kappa shape index (κ1) is 48.7. The smallest absolute Gasteiger partial charge is 0.303 e. The zero-order valence-corrected chi connectivity index (χ0v) is 33.1. The van der Waals surface area contributed by atoms with Crippen LogP contribution in [0.1, 0.15) is 193 Å². The van der Waals surface area contributed by atoms with Gasteiger partial charge in [-0.1, -0.05) is 169 Å². The Hall–Kier alpha value is -1.30. The summed E-state index contributed by atoms with van der Waals surface area (Å²) in [6.45, 7) is 0.664. The molecule has 0 bridgehead atoms. The van der Waals surface area contributed by atoms with Gasteiger partial charge in [0.05, 0.1) is 12.1 Å². The highest BCUT2D eigenvalue weighted by Gasteiger charge is 2.16. The molecule has 0 aromatic heterocycles. The number of amides is 1. The van der Waals surface area contributed by atoms with E-state index in [1.807, 2.05) is 0 Å². The Labute approximate surface area is 313 Å². The predicted molar refractivity (Wildman–Crippen MR) is 213 cm³/mol. The highest BCUT2D eigenvalue weighted by atomic mass is 33.1. The van der Waals surface area contributed by atoms with E-state index in [0.717, 1.165) is 64.2 Å². The molecular formula is C39H75N3O6S2. The normalized spacial score (nSPS) is 12.5. The van der Waals surface area contributed by atoms with Crippen molar-refractivity contribution in [3.05, 3.63) is 0 Å². The fraction of sp³-hybridized carbons (Fsp3) is 0.897. The van der Waals surface area contributed by atoms with Crippen LogP contribution in [-0.4, -0.2) is 64.0 Å². The molecule has 50 heavy (non-hydrogen) atoms. The first-order chi connectivity index (χ1) is 24.2. The van der Waals surface area contributed by atoms with Gasteiger partial charge in [-0.25, -0.2) is 0 Å². The summed E-state index contributed by atoms with van der Waals surface area (Å²) in [4.78, 5) is 45.7. The van der Waals surface area contributed by atoms with Crippen LogP contribution < -0.4 is 16.8 Å². The first-order valence-corrected chi connectivity index (χ1v) is 22.7. The van der Waals surface area contributed by atoms with Crippen molar-refractivity contribution >= 4 is 45.2 Å². The molecule has 0 spiro atoms. The lowest BCUT2D eigenvalue weighted by atomic mass is 10.0. The highest BCUT2D eigenvalue weighted by Crippen LogP contribution is 2.23. The average Bonchev–Trinajstić information content (AvgIpc) is 3.08. The number of Topliss-reactive ketones (excluding diaryl/α,β-unsaturated/α-hetero) is 1. The van der Waals surface area contributed by atoms with Crippen LogP contribution in [0.15, 0.2) is 0 Å². The van der Waals surface area contributed by atoms with Crippen LogP contribution in [-0.2, 0) is 19.2 Å². The SMILES string of the molecule is NC(CSSCC(N)C(=O)NCCCCCCCCCCCCCCCC(=O)O)C(=O)CCCCCCCCCCCCCCCCC(=O)O. The molecule has 9 nitrogen and oxygen atoms in total. The minimum atomic E-state index is -0.689. The lowest BCUT2D eigenvalue weighted by molar-refractivity contribution is -0.138. The lowest BCUT2D eigenvalue weighted by Gasteiger charge is -2.13. The third-order valence-electron chi connectivity index (χ3n) is 9.26. The van der Waals surface area contributed by atoms with Gasteiger partial charge in [-0.3, -0.25) is 19.2 Å². The van der Waals surface area contributed by atoms with E-state index in [1.165, 1.54) is 131 Å². The van der Waals surface area contributed by atoms with Crippen molar-refractivity contribution in [3.63, 3.8) is 0 Å². The highest BCUT2D eigenvalue weighted by molar-refractivity contribution is 8.76. The Balaban J connectivity index is 3.47. The fourth-order valence-corrected chi connectivity index (χ4v) is 8.26. The van der Waals surface area contributed by atoms with Crippen molar-refractivity contribution in [2.24, 2.45) is 11.5 Å². The molecule has 0 aliphatic heterocycles. The molecule has 0 aliphatic rings. The van der Waals surface area contributed by atoms with E-state index in [1.54, 1.807) is 0 Å². The molecular weight excluding hydrogens is 671 g/mol. The topological polar surface area (TPSA) is 173 Å². The van der Waals surface area contributed by atoms with Gasteiger partial charge in [0.15, 0.2) is 0 Å². The molecule has 11 heteroatoms. The van der Waals surface area contributed by atoms with Crippen molar-refractivity contribution in [2.75, 3.05) is 18.1 Å². The van der Waals surface area contributed by atoms with Gasteiger partial charge in [-0.05, 0) is 25.7 Å². The minimum absolute atomic E-state index is 0.112. The summed E-state index contributed by atoms with van der Waals surface area (Å²) < 4.78 is 0. The fourth-order valence-electron chi connectivity index (χ4n) is 5.98. The van der Waals surface area contributed by atoms with Gasteiger partial charge >= 0.3 is 11.9 Å². The van der Waals surface area contributed by atoms with E-state index in [4.69, 9.17) is 21.7 Å². The lowest BCUT2D eigenvalue weighted by Crippen LogP contribution is -2.42. The molecule has 0 radical (unpaired) electrons. The summed E-state index contributed by atoms with van der Waals surface area (Å²) in [6.07, 6.45) is 32.5. The second kappa shape index (κ2) is 37.5. The zero-order valence-electron chi connectivity index (χ0n) is 31.5. The molecule has 2 unspecified atom stereocenters. The molecule has 0 saturated heterocycles. The molecule has 2 atom stereocenters. The van der Waals surface area contributed by atoms with E-state index < -0.39 is 24.0 Å². The Morgan fingerprint density at radius 2 is 0.700 bits per heavy atom. The molecule has 0 aliphatic carbocycles. The summed E-state index contributed by atoms with van der Waals surface area (Å²) in [6, 6.07) is -1.02. The number of hydrogen-bond donors (Lipinski definition) is 5. The number of nitrogens with one attached hydrogen (secondary N) is 1. The number of hydrogen-bond acceptors (Lipinski definition) is 8. The van der Waals surface area contributed by atoms with Gasteiger partial charge in [0.25, 0.3) is 0 Å². The number of aliphatic carboxylic acids is 2. The minimum Gasteiger partial charge on any atom is -0.481 e. The van der Waals surface area contributed by atoms with Crippen LogP contribution in [0.25, 0.3) is 0 Å². The molecule has 0 heterocycles. The van der Waals surface area contributed by atoms with Crippen LogP contribution >= 0.6 is 21.6 Å². The number of nitrogens with two attached hydrogens (primary N) is 2. The Morgan fingerprint density at radius 3 is 1.04 bits per heavy atom. The van der Waals surface area contributed by atoms with Crippen LogP contribution in [0.5, 0.6) is 0 Å². The van der Waals surface area contributed by atoms with E-state index in [2.05, 4.69) is 5.32 Å². The summed E-state index contributed by atoms with van der Waals surface area (Å²) in [7, 11) is 3.04. The molecule has 0 aromatic carbocycles. The molecule has 0 saturated carbocycles. The van der Waals surface area contributed by atoms with Crippen molar-refractivity contribution < 1.29 is 29.4 Å². The summed E-state index contributed by atoms with van der Waals surface area (Å²) in [5.41, 5.74) is 12.2. The number of carboxylic acids is 2. The van der Waals surface area contributed by atoms with Crippen LogP contribution in [0.2, 0.25) is 0 Å². The van der Waals surface area contributed by atoms with Crippen molar-refractivity contribution in [1.29, 1.82) is 0 Å². The molecule has 294 valence electrons. The van der Waals surface area contributed by atoms with Crippen molar-refractivity contribution in [1.82, 2.24) is 5.32 Å². The molecule has 1 amide bonds. The second-order valence-electron chi connectivity index (χ2n) is 14.1. The standard InChI is InChI=1S/C39H75N3O6S2/c40-34(36(43)28-24-20-16-12-8-4-1-2-5-9-13-17-21-25-29-37(44)45)32-49-50-33-35(41)39(48)42-31-27-23-19-15-11-7-3-6-10-14-18-22-26-30-38(46)47/h34-35H,1-33,40-41H2,(H,42,48)(H,44,45)(H,46,47). The monoisotopic (exact) mass is 746 g/mol. The van der Waals surface area contributed by atoms with Crippen molar-refractivity contribution in [2.45, 2.75) is 205 Å². The number of carbonyl (C=O) groups is 4. The van der Waals surface area contributed by atoms with E-state index in [0.29, 0.717) is 37.3 Å². The third-order valence-corrected chi connectivity index (χ3v) is 11.7. The zero-order chi connectivity index (χ0) is 36.9. The Bertz CT molecular complexity index is 770. The molecule has 0 rings (SSSR count). The quantitative estimate of drug-likeness (QED) is 0.0300. The van der Waals surface area contributed by atoms with Gasteiger partial charge in [-0.2, -0.15) is 0 Å². The van der Waals surface area contributed by atoms with Gasteiger partial charge in [0, 0.05) is 37.3 Å². The summed E-state index contributed by atoms with van der Waals surface area (Å²) >= 11 is 0. The number of unbranched alkanes of at least 4 members (excludes halogenated alkanes) is 25. The number of rotatable bonds is 40. The Kier molecular flexibility index (Phi) is 36.5. The van der Waals surface area contributed by atoms with E-state index in [9.17, 15) is 19.2 Å². The van der Waals surface area contributed by atoms with E-state index >= 15 is 0 Å². The van der Waals surface area contributed by atoms with Gasteiger partial charge in [0.2, 0.25) is 5.91 Å². The van der Waals surface area contributed by atoms with Crippen LogP contribution in [0.4, 0.5) is 0 Å². The van der Waals surface area contributed by atoms with Gasteiger partial charge in [-0.15, -0.1) is 0 Å². The maximum Gasteiger partial charge on any atom is 0.303 e. The Morgan fingerprint density at radius 1 is 0.420 bits per heavy atom. The molecule has 0 fully saturated rings. The van der Waals surface area contributed by atoms with Gasteiger partial charge < -0.3 is 27.0 Å². The third kappa shape index (κ3) is 36.5. The number of ketones is 1. The maximum absolute atomic E-state index is 12.4. The summed E-state index contributed by atoms with van der Waals surface area (Å²) in [5.74, 6) is -0.324. The van der Waals surface area contributed by atoms with Crippen LogP contribution in [0.3, 0.4) is 0 Å². The first-order valence-electron chi connectivity index (χ1n) is 20.2. The average molecular weight is 746 g/mol. The van der Waals surface area contributed by atoms with Crippen molar-refractivity contribution in [3.8, 4) is 0 Å². The maximum atomic E-state index is 12.4. The molecule has 7 N–H and O–H groups in total. The largest absolute Gasteiger partial charge is 0.481 e.